The number of aromatic hydroxyl groups is 3. The molecule has 0 bridgehead atoms. The zero-order chi connectivity index (χ0) is 19.2. The van der Waals surface area contributed by atoms with Crippen molar-refractivity contribution in [1.82, 2.24) is 0 Å². The maximum absolute atomic E-state index is 9.57. The third kappa shape index (κ3) is 4.17. The van der Waals surface area contributed by atoms with Gasteiger partial charge in [0.15, 0.2) is 0 Å². The normalized spacial score (nSPS) is 10.7. The lowest BCUT2D eigenvalue weighted by Crippen LogP contribution is -2.25. The Kier molecular flexibility index (Phi) is 6.29. The van der Waals surface area contributed by atoms with Crippen molar-refractivity contribution in [3.63, 3.8) is 0 Å². The Morgan fingerprint density at radius 2 is 0.731 bits per heavy atom. The molecular weight excluding hydrogens is 324 g/mol. The van der Waals surface area contributed by atoms with Crippen LogP contribution in [-0.2, 0) is 5.41 Å². The summed E-state index contributed by atoms with van der Waals surface area (Å²) in [5.74, 6) is 0.646. The highest BCUT2D eigenvalue weighted by Gasteiger charge is 2.31. The Bertz CT molecular complexity index is 693. The molecule has 0 spiro atoms. The SMILES string of the molecule is CC(c1ccc(O)cc1)(c1ccc(O)cc1)c1ccc(O)cc1.CCC. The topological polar surface area (TPSA) is 60.7 Å². The van der Waals surface area contributed by atoms with Gasteiger partial charge in [-0.25, -0.2) is 0 Å². The first-order valence-electron chi connectivity index (χ1n) is 8.80. The van der Waals surface area contributed by atoms with Gasteiger partial charge in [-0.2, -0.15) is 0 Å². The molecule has 0 aliphatic heterocycles. The minimum Gasteiger partial charge on any atom is -0.508 e. The third-order valence-corrected chi connectivity index (χ3v) is 4.33. The number of hydrogen-bond acceptors (Lipinski definition) is 3. The van der Waals surface area contributed by atoms with Crippen LogP contribution in [0.15, 0.2) is 72.8 Å². The van der Waals surface area contributed by atoms with Gasteiger partial charge in [-0.1, -0.05) is 56.7 Å². The van der Waals surface area contributed by atoms with Crippen molar-refractivity contribution in [2.45, 2.75) is 32.6 Å². The summed E-state index contributed by atoms with van der Waals surface area (Å²) in [5.41, 5.74) is 2.54. The molecule has 3 aromatic carbocycles. The molecule has 0 saturated carbocycles. The van der Waals surface area contributed by atoms with Gasteiger partial charge in [-0.15, -0.1) is 0 Å². The molecule has 0 fully saturated rings. The lowest BCUT2D eigenvalue weighted by Gasteiger charge is -2.32. The summed E-state index contributed by atoms with van der Waals surface area (Å²) in [5, 5.41) is 28.7. The zero-order valence-electron chi connectivity index (χ0n) is 15.5. The number of benzene rings is 3. The van der Waals surface area contributed by atoms with Crippen molar-refractivity contribution in [1.29, 1.82) is 0 Å². The maximum Gasteiger partial charge on any atom is 0.115 e. The molecule has 0 heterocycles. The van der Waals surface area contributed by atoms with Gasteiger partial charge in [-0.3, -0.25) is 0 Å². The van der Waals surface area contributed by atoms with Crippen LogP contribution in [0.4, 0.5) is 0 Å². The van der Waals surface area contributed by atoms with E-state index in [1.807, 2.05) is 36.4 Å². The first-order valence-corrected chi connectivity index (χ1v) is 8.80. The standard InChI is InChI=1S/C20H18O3.C3H8/c1-20(14-2-8-17(21)9-3-14,15-4-10-18(22)11-5-15)16-6-12-19(23)13-7-16;1-3-2/h2-13,21-23H,1H3;3H2,1-2H3. The van der Waals surface area contributed by atoms with Crippen molar-refractivity contribution >= 4 is 0 Å². The van der Waals surface area contributed by atoms with E-state index in [0.717, 1.165) is 16.7 Å². The molecule has 3 rings (SSSR count). The minimum atomic E-state index is -0.477. The molecule has 0 unspecified atom stereocenters. The van der Waals surface area contributed by atoms with E-state index < -0.39 is 5.41 Å². The first-order chi connectivity index (χ1) is 12.4. The minimum absolute atomic E-state index is 0.215. The molecule has 0 aliphatic carbocycles. The smallest absolute Gasteiger partial charge is 0.115 e. The molecule has 0 radical (unpaired) electrons. The van der Waals surface area contributed by atoms with E-state index in [4.69, 9.17) is 0 Å². The number of rotatable bonds is 3. The van der Waals surface area contributed by atoms with Crippen LogP contribution >= 0.6 is 0 Å². The van der Waals surface area contributed by atoms with Crippen molar-refractivity contribution in [2.24, 2.45) is 0 Å². The molecule has 26 heavy (non-hydrogen) atoms. The summed E-state index contributed by atoms with van der Waals surface area (Å²) in [6, 6.07) is 21.3. The second-order valence-corrected chi connectivity index (χ2v) is 6.47. The van der Waals surface area contributed by atoms with Gasteiger partial charge >= 0.3 is 0 Å². The quantitative estimate of drug-likeness (QED) is 0.541. The summed E-state index contributed by atoms with van der Waals surface area (Å²) in [6.45, 7) is 6.33. The molecular formula is C23H26O3. The average Bonchev–Trinajstić information content (AvgIpc) is 2.63. The predicted octanol–water partition coefficient (Wildman–Crippen LogP) is 5.57. The van der Waals surface area contributed by atoms with Crippen LogP contribution in [-0.4, -0.2) is 15.3 Å². The van der Waals surface area contributed by atoms with Gasteiger partial charge in [0.05, 0.1) is 0 Å². The number of hydrogen-bond donors (Lipinski definition) is 3. The molecule has 3 aromatic rings. The highest BCUT2D eigenvalue weighted by atomic mass is 16.3. The van der Waals surface area contributed by atoms with Gasteiger partial charge in [0.25, 0.3) is 0 Å². The van der Waals surface area contributed by atoms with Gasteiger partial charge in [0.1, 0.15) is 17.2 Å². The molecule has 3 nitrogen and oxygen atoms in total. The van der Waals surface area contributed by atoms with Crippen molar-refractivity contribution in [3.05, 3.63) is 89.5 Å². The van der Waals surface area contributed by atoms with Gasteiger partial charge in [0, 0.05) is 5.41 Å². The molecule has 0 aromatic heterocycles. The van der Waals surface area contributed by atoms with Crippen LogP contribution in [0, 0.1) is 0 Å². The van der Waals surface area contributed by atoms with Crippen LogP contribution in [0.5, 0.6) is 17.2 Å². The van der Waals surface area contributed by atoms with E-state index in [1.165, 1.54) is 6.42 Å². The summed E-state index contributed by atoms with van der Waals surface area (Å²) in [6.07, 6.45) is 1.25. The lowest BCUT2D eigenvalue weighted by atomic mass is 9.71. The molecule has 0 atom stereocenters. The third-order valence-electron chi connectivity index (χ3n) is 4.33. The van der Waals surface area contributed by atoms with Crippen LogP contribution < -0.4 is 0 Å². The van der Waals surface area contributed by atoms with Gasteiger partial charge < -0.3 is 15.3 Å². The van der Waals surface area contributed by atoms with Gasteiger partial charge in [-0.05, 0) is 60.0 Å². The van der Waals surface area contributed by atoms with E-state index in [9.17, 15) is 15.3 Å². The molecule has 0 amide bonds. The van der Waals surface area contributed by atoms with E-state index in [0.29, 0.717) is 0 Å². The Morgan fingerprint density at radius 1 is 0.538 bits per heavy atom. The van der Waals surface area contributed by atoms with Crippen LogP contribution in [0.3, 0.4) is 0 Å². The van der Waals surface area contributed by atoms with Crippen LogP contribution in [0.2, 0.25) is 0 Å². The van der Waals surface area contributed by atoms with E-state index in [2.05, 4.69) is 20.8 Å². The van der Waals surface area contributed by atoms with Crippen molar-refractivity contribution < 1.29 is 15.3 Å². The van der Waals surface area contributed by atoms with E-state index in [-0.39, 0.29) is 17.2 Å². The van der Waals surface area contributed by atoms with Gasteiger partial charge in [0.2, 0.25) is 0 Å². The fourth-order valence-electron chi connectivity index (χ4n) is 2.88. The largest absolute Gasteiger partial charge is 0.508 e. The highest BCUT2D eigenvalue weighted by Crippen LogP contribution is 2.40. The van der Waals surface area contributed by atoms with E-state index in [1.54, 1.807) is 36.4 Å². The number of phenols is 3. The summed E-state index contributed by atoms with van der Waals surface area (Å²) < 4.78 is 0. The molecule has 3 N–H and O–H groups in total. The fraction of sp³-hybridized carbons (Fsp3) is 0.217. The van der Waals surface area contributed by atoms with Crippen LogP contribution in [0.1, 0.15) is 43.9 Å². The Balaban J connectivity index is 0.000000758. The molecule has 0 aliphatic rings. The fourth-order valence-corrected chi connectivity index (χ4v) is 2.88. The summed E-state index contributed by atoms with van der Waals surface area (Å²) >= 11 is 0. The summed E-state index contributed by atoms with van der Waals surface area (Å²) in [7, 11) is 0. The molecule has 136 valence electrons. The predicted molar refractivity (Wildman–Crippen MR) is 106 cm³/mol. The second kappa shape index (κ2) is 8.43. The summed E-state index contributed by atoms with van der Waals surface area (Å²) in [4.78, 5) is 0. The molecule has 3 heteroatoms. The number of phenolic OH excluding ortho intramolecular Hbond substituents is 3. The Hall–Kier alpha value is -2.94. The van der Waals surface area contributed by atoms with Crippen molar-refractivity contribution in [3.8, 4) is 17.2 Å². The highest BCUT2D eigenvalue weighted by molar-refractivity contribution is 5.51. The Morgan fingerprint density at radius 3 is 0.923 bits per heavy atom. The van der Waals surface area contributed by atoms with Crippen LogP contribution in [0.25, 0.3) is 0 Å². The average molecular weight is 350 g/mol. The first kappa shape index (κ1) is 19.4. The van der Waals surface area contributed by atoms with Crippen molar-refractivity contribution in [2.75, 3.05) is 0 Å². The molecule has 0 saturated heterocycles. The zero-order valence-corrected chi connectivity index (χ0v) is 15.5. The van der Waals surface area contributed by atoms with E-state index >= 15 is 0 Å². The Labute approximate surface area is 155 Å². The lowest BCUT2D eigenvalue weighted by molar-refractivity contribution is 0.474. The monoisotopic (exact) mass is 350 g/mol. The second-order valence-electron chi connectivity index (χ2n) is 6.47. The maximum atomic E-state index is 9.57.